The van der Waals surface area contributed by atoms with Gasteiger partial charge < -0.3 is 9.88 Å². The molecule has 2 heterocycles. The minimum Gasteiger partial charge on any atom is -0.356 e. The van der Waals surface area contributed by atoms with Crippen LogP contribution in [0.1, 0.15) is 47.7 Å². The summed E-state index contributed by atoms with van der Waals surface area (Å²) in [4.78, 5) is 18.9. The number of aryl methyl sites for hydroxylation is 1. The molecule has 132 valence electrons. The molecule has 26 heavy (non-hydrogen) atoms. The van der Waals surface area contributed by atoms with Gasteiger partial charge in [0.05, 0.1) is 6.04 Å². The zero-order valence-corrected chi connectivity index (χ0v) is 15.2. The Kier molecular flexibility index (Phi) is 3.63. The van der Waals surface area contributed by atoms with Crippen molar-refractivity contribution in [2.24, 2.45) is 5.92 Å². The van der Waals surface area contributed by atoms with Crippen LogP contribution in [0.5, 0.6) is 0 Å². The van der Waals surface area contributed by atoms with Gasteiger partial charge in [-0.15, -0.1) is 0 Å². The first kappa shape index (κ1) is 15.7. The molecule has 1 fully saturated rings. The number of para-hydroxylation sites is 1. The number of benzene rings is 2. The summed E-state index contributed by atoms with van der Waals surface area (Å²) >= 11 is 0. The first-order valence-corrected chi connectivity index (χ1v) is 9.69. The van der Waals surface area contributed by atoms with Crippen molar-refractivity contribution in [3.8, 4) is 0 Å². The highest BCUT2D eigenvalue weighted by atomic mass is 16.2. The lowest BCUT2D eigenvalue weighted by Gasteiger charge is -2.40. The van der Waals surface area contributed by atoms with Crippen molar-refractivity contribution in [1.82, 2.24) is 9.88 Å². The molecule has 1 aliphatic carbocycles. The van der Waals surface area contributed by atoms with Crippen LogP contribution in [-0.4, -0.2) is 22.3 Å². The fourth-order valence-corrected chi connectivity index (χ4v) is 4.46. The summed E-state index contributed by atoms with van der Waals surface area (Å²) in [6, 6.07) is 17.2. The highest BCUT2D eigenvalue weighted by Gasteiger charge is 2.38. The molecule has 1 amide bonds. The number of nitrogens with zero attached hydrogens (tertiary/aromatic N) is 1. The second-order valence-electron chi connectivity index (χ2n) is 7.79. The summed E-state index contributed by atoms with van der Waals surface area (Å²) in [7, 11) is 0. The summed E-state index contributed by atoms with van der Waals surface area (Å²) < 4.78 is 0. The quantitative estimate of drug-likeness (QED) is 0.715. The molecular formula is C23H24N2O. The predicted octanol–water partition coefficient (Wildman–Crippen LogP) is 4.75. The van der Waals surface area contributed by atoms with Gasteiger partial charge in [0.15, 0.2) is 0 Å². The number of aromatic amines is 1. The number of amides is 1. The number of nitrogens with one attached hydrogen (secondary N) is 1. The van der Waals surface area contributed by atoms with E-state index < -0.39 is 0 Å². The molecule has 5 rings (SSSR count). The van der Waals surface area contributed by atoms with Gasteiger partial charge >= 0.3 is 0 Å². The minimum absolute atomic E-state index is 0.000139. The fourth-order valence-electron chi connectivity index (χ4n) is 4.46. The maximum atomic E-state index is 13.2. The Balaban J connectivity index is 1.65. The van der Waals surface area contributed by atoms with Crippen LogP contribution < -0.4 is 0 Å². The Morgan fingerprint density at radius 3 is 2.58 bits per heavy atom. The third-order valence-electron chi connectivity index (χ3n) is 6.17. The Hall–Kier alpha value is -2.55. The van der Waals surface area contributed by atoms with Crippen molar-refractivity contribution in [1.29, 1.82) is 0 Å². The maximum absolute atomic E-state index is 13.2. The lowest BCUT2D eigenvalue weighted by atomic mass is 9.82. The number of rotatable bonds is 2. The molecule has 1 saturated carbocycles. The highest BCUT2D eigenvalue weighted by Crippen LogP contribution is 2.40. The molecule has 0 bridgehead atoms. The Bertz CT molecular complexity index is 966. The second kappa shape index (κ2) is 6.01. The highest BCUT2D eigenvalue weighted by molar-refractivity contribution is 5.87. The standard InChI is InChI=1S/C23H24N2O/c1-15-9-11-16(12-10-15)22-21-19(18-7-2-3-8-20(18)24-21)13-14-25(22)23(26)17-5-4-6-17/h2-3,7-12,17,22,24H,4-6,13-14H2,1H3/t22-/m1/s1. The number of hydrogen-bond acceptors (Lipinski definition) is 1. The van der Waals surface area contributed by atoms with Gasteiger partial charge in [-0.3, -0.25) is 4.79 Å². The van der Waals surface area contributed by atoms with Crippen molar-refractivity contribution in [2.75, 3.05) is 6.54 Å². The van der Waals surface area contributed by atoms with Crippen LogP contribution in [0, 0.1) is 12.8 Å². The average molecular weight is 344 g/mol. The number of carbonyl (C=O) groups is 1. The normalized spacial score (nSPS) is 20.0. The van der Waals surface area contributed by atoms with Crippen LogP contribution in [0.3, 0.4) is 0 Å². The molecule has 1 N–H and O–H groups in total. The number of carbonyl (C=O) groups excluding carboxylic acids is 1. The van der Waals surface area contributed by atoms with Crippen LogP contribution in [0.2, 0.25) is 0 Å². The van der Waals surface area contributed by atoms with Gasteiger partial charge in [0.2, 0.25) is 5.91 Å². The van der Waals surface area contributed by atoms with Crippen molar-refractivity contribution >= 4 is 16.8 Å². The smallest absolute Gasteiger partial charge is 0.226 e. The van der Waals surface area contributed by atoms with Crippen molar-refractivity contribution in [2.45, 2.75) is 38.6 Å². The first-order valence-electron chi connectivity index (χ1n) is 9.69. The van der Waals surface area contributed by atoms with Crippen molar-refractivity contribution < 1.29 is 4.79 Å². The van der Waals surface area contributed by atoms with Crippen molar-refractivity contribution in [3.05, 3.63) is 70.9 Å². The van der Waals surface area contributed by atoms with E-state index in [1.165, 1.54) is 39.7 Å². The zero-order chi connectivity index (χ0) is 17.7. The van der Waals surface area contributed by atoms with Crippen LogP contribution in [0.4, 0.5) is 0 Å². The van der Waals surface area contributed by atoms with E-state index in [2.05, 4.69) is 65.3 Å². The molecule has 3 aromatic rings. The maximum Gasteiger partial charge on any atom is 0.226 e. The van der Waals surface area contributed by atoms with E-state index in [1.54, 1.807) is 0 Å². The first-order chi connectivity index (χ1) is 12.7. The van der Waals surface area contributed by atoms with Gasteiger partial charge in [-0.2, -0.15) is 0 Å². The summed E-state index contributed by atoms with van der Waals surface area (Å²) in [5.41, 5.74) is 6.21. The van der Waals surface area contributed by atoms with Crippen LogP contribution in [0.15, 0.2) is 48.5 Å². The van der Waals surface area contributed by atoms with E-state index in [1.807, 2.05) is 0 Å². The molecule has 0 spiro atoms. The third-order valence-corrected chi connectivity index (χ3v) is 6.17. The topological polar surface area (TPSA) is 36.1 Å². The van der Waals surface area contributed by atoms with Crippen LogP contribution in [0.25, 0.3) is 10.9 Å². The molecule has 1 aromatic heterocycles. The SMILES string of the molecule is Cc1ccc([C@@H]2c3[nH]c4ccccc4c3CCN2C(=O)C2CCC2)cc1. The molecule has 2 aromatic carbocycles. The van der Waals surface area contributed by atoms with Crippen LogP contribution >= 0.6 is 0 Å². The van der Waals surface area contributed by atoms with E-state index in [-0.39, 0.29) is 12.0 Å². The number of hydrogen-bond donors (Lipinski definition) is 1. The van der Waals surface area contributed by atoms with Gasteiger partial charge in [-0.25, -0.2) is 0 Å². The summed E-state index contributed by atoms with van der Waals surface area (Å²) in [5, 5.41) is 1.30. The average Bonchev–Trinajstić information content (AvgIpc) is 2.99. The molecule has 0 saturated heterocycles. The van der Waals surface area contributed by atoms with Gasteiger partial charge in [0, 0.05) is 29.1 Å². The number of aromatic nitrogens is 1. The Morgan fingerprint density at radius 1 is 1.08 bits per heavy atom. The van der Waals surface area contributed by atoms with E-state index in [0.29, 0.717) is 5.91 Å². The molecule has 1 atom stereocenters. The van der Waals surface area contributed by atoms with E-state index in [0.717, 1.165) is 25.8 Å². The third kappa shape index (κ3) is 2.38. The van der Waals surface area contributed by atoms with Gasteiger partial charge in [0.25, 0.3) is 0 Å². The van der Waals surface area contributed by atoms with Gasteiger partial charge in [0.1, 0.15) is 0 Å². The molecule has 3 heteroatoms. The molecular weight excluding hydrogens is 320 g/mol. The molecule has 0 unspecified atom stereocenters. The van der Waals surface area contributed by atoms with E-state index in [9.17, 15) is 4.79 Å². The largest absolute Gasteiger partial charge is 0.356 e. The summed E-state index contributed by atoms with van der Waals surface area (Å²) in [6.07, 6.45) is 4.22. The van der Waals surface area contributed by atoms with Crippen molar-refractivity contribution in [3.63, 3.8) is 0 Å². The predicted molar refractivity (Wildman–Crippen MR) is 104 cm³/mol. The second-order valence-corrected chi connectivity index (χ2v) is 7.79. The van der Waals surface area contributed by atoms with Crippen LogP contribution in [-0.2, 0) is 11.2 Å². The molecule has 0 radical (unpaired) electrons. The lowest BCUT2D eigenvalue weighted by Crippen LogP contribution is -2.45. The summed E-state index contributed by atoms with van der Waals surface area (Å²) in [6.45, 7) is 2.92. The minimum atomic E-state index is -0.000139. The Labute approximate surface area is 154 Å². The summed E-state index contributed by atoms with van der Waals surface area (Å²) in [5.74, 6) is 0.569. The number of fused-ring (bicyclic) bond motifs is 3. The fraction of sp³-hybridized carbons (Fsp3) is 0.348. The lowest BCUT2D eigenvalue weighted by molar-refractivity contribution is -0.140. The monoisotopic (exact) mass is 344 g/mol. The van der Waals surface area contributed by atoms with E-state index in [4.69, 9.17) is 0 Å². The number of H-pyrrole nitrogens is 1. The van der Waals surface area contributed by atoms with Gasteiger partial charge in [-0.1, -0.05) is 54.4 Å². The molecule has 1 aliphatic heterocycles. The van der Waals surface area contributed by atoms with E-state index >= 15 is 0 Å². The Morgan fingerprint density at radius 2 is 1.85 bits per heavy atom. The molecule has 2 aliphatic rings. The molecule has 3 nitrogen and oxygen atoms in total. The zero-order valence-electron chi connectivity index (χ0n) is 15.2. The van der Waals surface area contributed by atoms with Gasteiger partial charge in [-0.05, 0) is 43.4 Å².